The lowest BCUT2D eigenvalue weighted by molar-refractivity contribution is 0.367. The summed E-state index contributed by atoms with van der Waals surface area (Å²) in [6.07, 6.45) is 0.842. The van der Waals surface area contributed by atoms with E-state index in [1.807, 2.05) is 6.92 Å². The molecule has 0 saturated carbocycles. The first-order chi connectivity index (χ1) is 5.16. The molecule has 0 fully saturated rings. The number of aromatic nitrogens is 1. The predicted molar refractivity (Wildman–Crippen MR) is 42.5 cm³/mol. The van der Waals surface area contributed by atoms with E-state index in [-0.39, 0.29) is 17.4 Å². The van der Waals surface area contributed by atoms with Crippen molar-refractivity contribution in [3.05, 3.63) is 6.07 Å². The second-order valence-corrected chi connectivity index (χ2v) is 2.43. The van der Waals surface area contributed by atoms with Gasteiger partial charge in [-0.15, -0.1) is 0 Å². The van der Waals surface area contributed by atoms with Crippen LogP contribution in [0.15, 0.2) is 6.07 Å². The van der Waals surface area contributed by atoms with Crippen LogP contribution >= 0.6 is 0 Å². The number of nitrogen functional groups attached to an aromatic ring is 1. The predicted octanol–water partition coefficient (Wildman–Crippen LogP) is 0.891. The van der Waals surface area contributed by atoms with E-state index < -0.39 is 0 Å². The Balaban J connectivity index is 3.02. The molecule has 0 unspecified atom stereocenters. The highest BCUT2D eigenvalue weighted by Crippen LogP contribution is 2.29. The van der Waals surface area contributed by atoms with Crippen LogP contribution < -0.4 is 5.73 Å². The normalized spacial score (nSPS) is 10.3. The lowest BCUT2D eigenvalue weighted by Crippen LogP contribution is -1.95. The van der Waals surface area contributed by atoms with Gasteiger partial charge in [-0.3, -0.25) is 4.57 Å². The highest BCUT2D eigenvalue weighted by atomic mass is 16.3. The topological polar surface area (TPSA) is 71.4 Å². The maximum Gasteiger partial charge on any atom is 0.217 e. The second-order valence-electron chi connectivity index (χ2n) is 2.43. The number of hydrogen-bond donors (Lipinski definition) is 3. The van der Waals surface area contributed by atoms with Crippen molar-refractivity contribution >= 4 is 5.69 Å². The number of anilines is 1. The molecule has 0 atom stereocenters. The Labute approximate surface area is 64.9 Å². The minimum atomic E-state index is -0.0515. The number of nitrogens with two attached hydrogens (primary N) is 1. The van der Waals surface area contributed by atoms with Crippen molar-refractivity contribution in [2.24, 2.45) is 0 Å². The third-order valence-electron chi connectivity index (χ3n) is 1.52. The quantitative estimate of drug-likeness (QED) is 0.595. The van der Waals surface area contributed by atoms with Gasteiger partial charge in [0.15, 0.2) is 5.88 Å². The highest BCUT2D eigenvalue weighted by Gasteiger charge is 2.09. The smallest absolute Gasteiger partial charge is 0.217 e. The summed E-state index contributed by atoms with van der Waals surface area (Å²) < 4.78 is 1.37. The third kappa shape index (κ3) is 1.24. The molecular weight excluding hydrogens is 144 g/mol. The average Bonchev–Trinajstić information content (AvgIpc) is 2.17. The Kier molecular flexibility index (Phi) is 1.94. The molecule has 1 heterocycles. The lowest BCUT2D eigenvalue weighted by atomic mass is 10.5. The van der Waals surface area contributed by atoms with E-state index in [2.05, 4.69) is 0 Å². The van der Waals surface area contributed by atoms with Crippen LogP contribution in [0.1, 0.15) is 13.3 Å². The van der Waals surface area contributed by atoms with Crippen LogP contribution in [0.3, 0.4) is 0 Å². The van der Waals surface area contributed by atoms with Gasteiger partial charge < -0.3 is 15.9 Å². The van der Waals surface area contributed by atoms with Gasteiger partial charge in [-0.25, -0.2) is 0 Å². The van der Waals surface area contributed by atoms with Crippen LogP contribution in [-0.2, 0) is 6.54 Å². The largest absolute Gasteiger partial charge is 0.494 e. The first-order valence-electron chi connectivity index (χ1n) is 3.53. The molecule has 1 aromatic heterocycles. The molecule has 4 heteroatoms. The van der Waals surface area contributed by atoms with Crippen LogP contribution in [0.5, 0.6) is 11.8 Å². The van der Waals surface area contributed by atoms with Crippen LogP contribution in [0, 0.1) is 0 Å². The molecule has 11 heavy (non-hydrogen) atoms. The summed E-state index contributed by atoms with van der Waals surface area (Å²) in [4.78, 5) is 0. The maximum absolute atomic E-state index is 9.23. The van der Waals surface area contributed by atoms with Crippen LogP contribution in [-0.4, -0.2) is 14.8 Å². The van der Waals surface area contributed by atoms with Crippen molar-refractivity contribution in [1.29, 1.82) is 0 Å². The zero-order valence-electron chi connectivity index (χ0n) is 6.41. The lowest BCUT2D eigenvalue weighted by Gasteiger charge is -2.02. The molecule has 0 amide bonds. The fourth-order valence-corrected chi connectivity index (χ4v) is 0.990. The van der Waals surface area contributed by atoms with Gasteiger partial charge in [0.1, 0.15) is 0 Å². The Morgan fingerprint density at radius 3 is 2.55 bits per heavy atom. The van der Waals surface area contributed by atoms with Gasteiger partial charge >= 0.3 is 0 Å². The standard InChI is InChI=1S/C7H12N2O2/c1-2-3-9-6(10)4-5(8)7(9)11/h4,10-11H,2-3,8H2,1H3. The molecule has 4 nitrogen and oxygen atoms in total. The summed E-state index contributed by atoms with van der Waals surface area (Å²) in [5.41, 5.74) is 5.56. The Hall–Kier alpha value is -1.32. The minimum Gasteiger partial charge on any atom is -0.494 e. The van der Waals surface area contributed by atoms with Crippen LogP contribution in [0.25, 0.3) is 0 Å². The molecule has 0 aliphatic heterocycles. The zero-order chi connectivity index (χ0) is 8.43. The number of hydrogen-bond acceptors (Lipinski definition) is 3. The molecule has 4 N–H and O–H groups in total. The van der Waals surface area contributed by atoms with Gasteiger partial charge in [0, 0.05) is 12.6 Å². The molecule has 0 saturated heterocycles. The molecule has 0 radical (unpaired) electrons. The van der Waals surface area contributed by atoms with Crippen molar-refractivity contribution in [3.63, 3.8) is 0 Å². The molecule has 1 aromatic rings. The summed E-state index contributed by atoms with van der Waals surface area (Å²) >= 11 is 0. The first-order valence-corrected chi connectivity index (χ1v) is 3.53. The van der Waals surface area contributed by atoms with Crippen molar-refractivity contribution in [1.82, 2.24) is 4.57 Å². The second kappa shape index (κ2) is 2.74. The fourth-order valence-electron chi connectivity index (χ4n) is 0.990. The Morgan fingerprint density at radius 1 is 1.55 bits per heavy atom. The fraction of sp³-hybridized carbons (Fsp3) is 0.429. The molecule has 0 aliphatic carbocycles. The van der Waals surface area contributed by atoms with Crippen molar-refractivity contribution < 1.29 is 10.2 Å². The summed E-state index contributed by atoms with van der Waals surface area (Å²) in [5, 5.41) is 18.4. The molecule has 0 spiro atoms. The maximum atomic E-state index is 9.23. The Morgan fingerprint density at radius 2 is 2.18 bits per heavy atom. The summed E-state index contributed by atoms with van der Waals surface area (Å²) in [5.74, 6) is -0.0359. The Bertz CT molecular complexity index is 255. The van der Waals surface area contributed by atoms with Gasteiger partial charge in [0.25, 0.3) is 0 Å². The van der Waals surface area contributed by atoms with Crippen molar-refractivity contribution in [3.8, 4) is 11.8 Å². The minimum absolute atomic E-state index is 0.0156. The average molecular weight is 156 g/mol. The molecule has 0 aromatic carbocycles. The van der Waals surface area contributed by atoms with Gasteiger partial charge in [0.2, 0.25) is 5.88 Å². The number of nitrogens with zero attached hydrogens (tertiary/aromatic N) is 1. The SMILES string of the molecule is CCCn1c(O)cc(N)c1O. The summed E-state index contributed by atoms with van der Waals surface area (Å²) in [7, 11) is 0. The molecule has 0 aliphatic rings. The number of rotatable bonds is 2. The van der Waals surface area contributed by atoms with Crippen LogP contribution in [0.2, 0.25) is 0 Å². The van der Waals surface area contributed by atoms with Gasteiger partial charge in [-0.2, -0.15) is 0 Å². The van der Waals surface area contributed by atoms with E-state index in [1.165, 1.54) is 10.6 Å². The zero-order valence-corrected chi connectivity index (χ0v) is 6.41. The highest BCUT2D eigenvalue weighted by molar-refractivity contribution is 5.53. The number of aromatic hydroxyl groups is 2. The summed E-state index contributed by atoms with van der Waals surface area (Å²) in [6, 6.07) is 1.34. The van der Waals surface area contributed by atoms with E-state index in [0.717, 1.165) is 6.42 Å². The van der Waals surface area contributed by atoms with Crippen molar-refractivity contribution in [2.45, 2.75) is 19.9 Å². The first kappa shape index (κ1) is 7.78. The molecular formula is C7H12N2O2. The summed E-state index contributed by atoms with van der Waals surface area (Å²) in [6.45, 7) is 2.53. The van der Waals surface area contributed by atoms with Gasteiger partial charge in [0.05, 0.1) is 5.69 Å². The van der Waals surface area contributed by atoms with E-state index in [9.17, 15) is 5.11 Å². The van der Waals surface area contributed by atoms with E-state index in [0.29, 0.717) is 6.54 Å². The molecule has 1 rings (SSSR count). The monoisotopic (exact) mass is 156 g/mol. The van der Waals surface area contributed by atoms with Crippen molar-refractivity contribution in [2.75, 3.05) is 5.73 Å². The van der Waals surface area contributed by atoms with Gasteiger partial charge in [-0.05, 0) is 6.42 Å². The van der Waals surface area contributed by atoms with E-state index in [4.69, 9.17) is 10.8 Å². The molecule has 0 bridgehead atoms. The van der Waals surface area contributed by atoms with Gasteiger partial charge in [-0.1, -0.05) is 6.92 Å². The third-order valence-corrected chi connectivity index (χ3v) is 1.52. The molecule has 62 valence electrons. The van der Waals surface area contributed by atoms with E-state index in [1.54, 1.807) is 0 Å². The van der Waals surface area contributed by atoms with Crippen LogP contribution in [0.4, 0.5) is 5.69 Å². The van der Waals surface area contributed by atoms with E-state index >= 15 is 0 Å².